The fourth-order valence-electron chi connectivity index (χ4n) is 3.05. The predicted octanol–water partition coefficient (Wildman–Crippen LogP) is 1.57. The van der Waals surface area contributed by atoms with Gasteiger partial charge in [0.15, 0.2) is 0 Å². The lowest BCUT2D eigenvalue weighted by molar-refractivity contribution is 0.0601. The molecule has 2 aromatic rings. The molecular formula is C17H24N4O3S. The number of rotatable bonds is 7. The van der Waals surface area contributed by atoms with Gasteiger partial charge in [0.2, 0.25) is 0 Å². The van der Waals surface area contributed by atoms with Crippen LogP contribution in [-0.4, -0.2) is 48.8 Å². The zero-order valence-corrected chi connectivity index (χ0v) is 15.1. The molecule has 25 heavy (non-hydrogen) atoms. The van der Waals surface area contributed by atoms with Crippen LogP contribution in [-0.2, 0) is 21.5 Å². The fourth-order valence-corrected chi connectivity index (χ4v) is 4.46. The molecule has 0 spiro atoms. The molecular weight excluding hydrogens is 340 g/mol. The largest absolute Gasteiger partial charge is 0.381 e. The smallest absolute Gasteiger partial charge is 0.280 e. The second-order valence-electron chi connectivity index (χ2n) is 6.15. The summed E-state index contributed by atoms with van der Waals surface area (Å²) in [4.78, 5) is 0. The minimum Gasteiger partial charge on any atom is -0.381 e. The predicted molar refractivity (Wildman–Crippen MR) is 95.1 cm³/mol. The highest BCUT2D eigenvalue weighted by atomic mass is 32.2. The van der Waals surface area contributed by atoms with E-state index in [0.29, 0.717) is 32.5 Å². The van der Waals surface area contributed by atoms with Gasteiger partial charge in [0.25, 0.3) is 10.2 Å². The number of hydrogen-bond acceptors (Lipinski definition) is 4. The van der Waals surface area contributed by atoms with Crippen LogP contribution < -0.4 is 4.72 Å². The number of hydrogen-bond donors (Lipinski definition) is 1. The van der Waals surface area contributed by atoms with Crippen LogP contribution >= 0.6 is 0 Å². The topological polar surface area (TPSA) is 76.5 Å². The third kappa shape index (κ3) is 4.66. The maximum absolute atomic E-state index is 12.8. The van der Waals surface area contributed by atoms with E-state index in [4.69, 9.17) is 4.74 Å². The summed E-state index contributed by atoms with van der Waals surface area (Å²) < 4.78 is 37.1. The zero-order valence-electron chi connectivity index (χ0n) is 14.3. The van der Waals surface area contributed by atoms with Gasteiger partial charge in [-0.2, -0.15) is 22.5 Å². The Labute approximate surface area is 148 Å². The van der Waals surface area contributed by atoms with Crippen molar-refractivity contribution >= 4 is 10.2 Å². The molecule has 0 radical (unpaired) electrons. The molecule has 1 fully saturated rings. The molecule has 1 unspecified atom stereocenters. The molecule has 8 heteroatoms. The van der Waals surface area contributed by atoms with Gasteiger partial charge in [-0.05, 0) is 24.5 Å². The lowest BCUT2D eigenvalue weighted by atomic mass is 10.1. The van der Waals surface area contributed by atoms with Crippen LogP contribution in [0.25, 0.3) is 0 Å². The number of piperidine rings is 1. The molecule has 2 heterocycles. The fraction of sp³-hybridized carbons (Fsp3) is 0.471. The molecule has 0 saturated carbocycles. The molecule has 1 aromatic heterocycles. The normalized spacial score (nSPS) is 18.3. The van der Waals surface area contributed by atoms with Crippen molar-refractivity contribution in [3.8, 4) is 0 Å². The van der Waals surface area contributed by atoms with Crippen molar-refractivity contribution in [3.05, 3.63) is 54.4 Å². The molecule has 1 saturated heterocycles. The highest BCUT2D eigenvalue weighted by Gasteiger charge is 2.30. The summed E-state index contributed by atoms with van der Waals surface area (Å²) in [5.74, 6) is 0. The molecule has 7 nitrogen and oxygen atoms in total. The van der Waals surface area contributed by atoms with Crippen LogP contribution in [0, 0.1) is 0 Å². The SMILES string of the molecule is COC1CCN(S(=O)(=O)NC(Cn2cccn2)c2ccccc2)CC1. The number of aromatic nitrogens is 2. The molecule has 1 aliphatic heterocycles. The van der Waals surface area contributed by atoms with Crippen LogP contribution in [0.5, 0.6) is 0 Å². The standard InChI is InChI=1S/C17H24N4O3S/c1-24-16-8-12-21(13-9-16)25(22,23)19-17(14-20-11-5-10-18-20)15-6-3-2-4-7-15/h2-7,10-11,16-17,19H,8-9,12-14H2,1H3. The number of methoxy groups -OCH3 is 1. The molecule has 1 N–H and O–H groups in total. The molecule has 1 atom stereocenters. The summed E-state index contributed by atoms with van der Waals surface area (Å²) in [7, 11) is -1.91. The van der Waals surface area contributed by atoms with Gasteiger partial charge in [-0.3, -0.25) is 4.68 Å². The quantitative estimate of drug-likeness (QED) is 0.809. The molecule has 136 valence electrons. The Kier molecular flexibility index (Phi) is 5.85. The Morgan fingerprint density at radius 2 is 1.96 bits per heavy atom. The number of ether oxygens (including phenoxy) is 1. The lowest BCUT2D eigenvalue weighted by Crippen LogP contribution is -2.47. The van der Waals surface area contributed by atoms with Crippen molar-refractivity contribution in [2.45, 2.75) is 31.5 Å². The molecule has 0 amide bonds. The molecule has 1 aliphatic rings. The summed E-state index contributed by atoms with van der Waals surface area (Å²) in [6.45, 7) is 1.37. The average Bonchev–Trinajstić information content (AvgIpc) is 3.15. The van der Waals surface area contributed by atoms with Gasteiger partial charge in [0.05, 0.1) is 18.7 Å². The van der Waals surface area contributed by atoms with Crippen molar-refractivity contribution in [1.29, 1.82) is 0 Å². The summed E-state index contributed by atoms with van der Waals surface area (Å²) in [5, 5.41) is 4.20. The Bertz CT molecular complexity index is 741. The third-order valence-electron chi connectivity index (χ3n) is 4.50. The third-order valence-corrected chi connectivity index (χ3v) is 6.12. The summed E-state index contributed by atoms with van der Waals surface area (Å²) in [5.41, 5.74) is 0.911. The first-order valence-electron chi connectivity index (χ1n) is 8.41. The molecule has 0 aliphatic carbocycles. The van der Waals surface area contributed by atoms with E-state index in [9.17, 15) is 8.42 Å². The van der Waals surface area contributed by atoms with Crippen molar-refractivity contribution in [3.63, 3.8) is 0 Å². The molecule has 0 bridgehead atoms. The first-order valence-corrected chi connectivity index (χ1v) is 9.85. The first kappa shape index (κ1) is 18.1. The highest BCUT2D eigenvalue weighted by molar-refractivity contribution is 7.87. The van der Waals surface area contributed by atoms with Crippen LogP contribution in [0.4, 0.5) is 0 Å². The van der Waals surface area contributed by atoms with Gasteiger partial charge in [0, 0.05) is 32.6 Å². The van der Waals surface area contributed by atoms with E-state index in [1.54, 1.807) is 18.0 Å². The zero-order chi connectivity index (χ0) is 17.7. The van der Waals surface area contributed by atoms with E-state index in [0.717, 1.165) is 5.56 Å². The highest BCUT2D eigenvalue weighted by Crippen LogP contribution is 2.20. The second kappa shape index (κ2) is 8.09. The van der Waals surface area contributed by atoms with Crippen LogP contribution in [0.3, 0.4) is 0 Å². The Morgan fingerprint density at radius 3 is 2.56 bits per heavy atom. The van der Waals surface area contributed by atoms with E-state index < -0.39 is 10.2 Å². The minimum atomic E-state index is -3.58. The Morgan fingerprint density at radius 1 is 1.24 bits per heavy atom. The summed E-state index contributed by atoms with van der Waals surface area (Å²) in [6.07, 6.45) is 5.08. The minimum absolute atomic E-state index is 0.139. The van der Waals surface area contributed by atoms with Gasteiger partial charge < -0.3 is 4.74 Å². The van der Waals surface area contributed by atoms with Crippen molar-refractivity contribution in [1.82, 2.24) is 18.8 Å². The van der Waals surface area contributed by atoms with Crippen molar-refractivity contribution < 1.29 is 13.2 Å². The second-order valence-corrected chi connectivity index (χ2v) is 7.85. The number of nitrogens with one attached hydrogen (secondary N) is 1. The first-order chi connectivity index (χ1) is 12.1. The van der Waals surface area contributed by atoms with Gasteiger partial charge in [-0.15, -0.1) is 0 Å². The maximum atomic E-state index is 12.8. The maximum Gasteiger partial charge on any atom is 0.280 e. The van der Waals surface area contributed by atoms with E-state index >= 15 is 0 Å². The van der Waals surface area contributed by atoms with Crippen molar-refractivity contribution in [2.24, 2.45) is 0 Å². The van der Waals surface area contributed by atoms with E-state index in [-0.39, 0.29) is 12.1 Å². The number of benzene rings is 1. The molecule has 1 aromatic carbocycles. The van der Waals surface area contributed by atoms with Crippen LogP contribution in [0.1, 0.15) is 24.4 Å². The van der Waals surface area contributed by atoms with Gasteiger partial charge in [0.1, 0.15) is 0 Å². The van der Waals surface area contributed by atoms with Gasteiger partial charge in [-0.1, -0.05) is 30.3 Å². The Hall–Kier alpha value is -1.74. The summed E-state index contributed by atoms with van der Waals surface area (Å²) in [6, 6.07) is 11.0. The van der Waals surface area contributed by atoms with E-state index in [1.807, 2.05) is 42.6 Å². The van der Waals surface area contributed by atoms with Gasteiger partial charge >= 0.3 is 0 Å². The number of nitrogens with zero attached hydrogens (tertiary/aromatic N) is 3. The monoisotopic (exact) mass is 364 g/mol. The molecule has 3 rings (SSSR count). The van der Waals surface area contributed by atoms with Gasteiger partial charge in [-0.25, -0.2) is 0 Å². The van der Waals surface area contributed by atoms with E-state index in [2.05, 4.69) is 9.82 Å². The van der Waals surface area contributed by atoms with Crippen LogP contribution in [0.15, 0.2) is 48.8 Å². The average molecular weight is 364 g/mol. The van der Waals surface area contributed by atoms with Crippen LogP contribution in [0.2, 0.25) is 0 Å². The lowest BCUT2D eigenvalue weighted by Gasteiger charge is -2.32. The summed E-state index contributed by atoms with van der Waals surface area (Å²) >= 11 is 0. The van der Waals surface area contributed by atoms with E-state index in [1.165, 1.54) is 4.31 Å². The van der Waals surface area contributed by atoms with Crippen molar-refractivity contribution in [2.75, 3.05) is 20.2 Å². The Balaban J connectivity index is 1.75.